The number of pyridine rings is 2. The topological polar surface area (TPSA) is 108 Å². The first kappa shape index (κ1) is 24.7. The van der Waals surface area contributed by atoms with E-state index in [0.717, 1.165) is 23.9 Å². The first-order valence-electron chi connectivity index (χ1n) is 10.6. The lowest BCUT2D eigenvalue weighted by atomic mass is 10.2. The van der Waals surface area contributed by atoms with Crippen LogP contribution in [0.4, 0.5) is 34.9 Å². The summed E-state index contributed by atoms with van der Waals surface area (Å²) in [5, 5.41) is 15.8. The summed E-state index contributed by atoms with van der Waals surface area (Å²) >= 11 is 0. The van der Waals surface area contributed by atoms with Crippen LogP contribution in [0, 0.1) is 5.82 Å². The molecule has 4 rings (SSSR count). The summed E-state index contributed by atoms with van der Waals surface area (Å²) in [5.41, 5.74) is 4.14. The number of anilines is 3. The number of aliphatic hydroxyl groups is 1. The number of nitrogens with zero attached hydrogens (tertiary/aromatic N) is 5. The lowest BCUT2D eigenvalue weighted by molar-refractivity contribution is -0.137. The SMILES string of the molecule is OCCc1ccc(-c2nc(N/N=C/c3ccc(Nc4cccc(C(F)(F)F)c4)cn3)ncc2F)nc1. The molecule has 4 aromatic rings. The van der Waals surface area contributed by atoms with Crippen molar-refractivity contribution < 1.29 is 22.7 Å². The van der Waals surface area contributed by atoms with Crippen LogP contribution in [0.25, 0.3) is 11.4 Å². The molecule has 3 N–H and O–H groups in total. The van der Waals surface area contributed by atoms with Crippen LogP contribution in [-0.4, -0.2) is 37.9 Å². The molecule has 0 aliphatic heterocycles. The Morgan fingerprint density at radius 3 is 2.50 bits per heavy atom. The van der Waals surface area contributed by atoms with Gasteiger partial charge < -0.3 is 10.4 Å². The number of halogens is 4. The van der Waals surface area contributed by atoms with Gasteiger partial charge in [0.25, 0.3) is 0 Å². The highest BCUT2D eigenvalue weighted by Crippen LogP contribution is 2.31. The summed E-state index contributed by atoms with van der Waals surface area (Å²) < 4.78 is 52.8. The quantitative estimate of drug-likeness (QED) is 0.182. The predicted molar refractivity (Wildman–Crippen MR) is 126 cm³/mol. The number of aromatic nitrogens is 4. The van der Waals surface area contributed by atoms with Gasteiger partial charge >= 0.3 is 6.18 Å². The Kier molecular flexibility index (Phi) is 7.44. The molecule has 36 heavy (non-hydrogen) atoms. The molecule has 0 atom stereocenters. The second kappa shape index (κ2) is 10.9. The van der Waals surface area contributed by atoms with Gasteiger partial charge in [-0.25, -0.2) is 19.8 Å². The van der Waals surface area contributed by atoms with Crippen molar-refractivity contribution in [2.24, 2.45) is 5.10 Å². The maximum absolute atomic E-state index is 14.2. The third-order valence-corrected chi connectivity index (χ3v) is 4.84. The van der Waals surface area contributed by atoms with Gasteiger partial charge in [-0.05, 0) is 48.4 Å². The van der Waals surface area contributed by atoms with Crippen LogP contribution >= 0.6 is 0 Å². The Bertz CT molecular complexity index is 1340. The summed E-state index contributed by atoms with van der Waals surface area (Å²) in [7, 11) is 0. The largest absolute Gasteiger partial charge is 0.416 e. The molecule has 0 saturated heterocycles. The molecule has 0 spiro atoms. The van der Waals surface area contributed by atoms with Crippen molar-refractivity contribution in [3.05, 3.63) is 89.8 Å². The summed E-state index contributed by atoms with van der Waals surface area (Å²) in [6, 6.07) is 11.4. The first-order valence-corrected chi connectivity index (χ1v) is 10.6. The van der Waals surface area contributed by atoms with Crippen molar-refractivity contribution in [2.45, 2.75) is 12.6 Å². The molecule has 3 aromatic heterocycles. The van der Waals surface area contributed by atoms with Gasteiger partial charge in [-0.1, -0.05) is 12.1 Å². The van der Waals surface area contributed by atoms with E-state index in [1.165, 1.54) is 30.7 Å². The molecule has 0 bridgehead atoms. The molecule has 0 saturated carbocycles. The van der Waals surface area contributed by atoms with E-state index in [1.807, 2.05) is 0 Å². The Hall–Kier alpha value is -4.45. The van der Waals surface area contributed by atoms with E-state index in [4.69, 9.17) is 5.11 Å². The zero-order chi connectivity index (χ0) is 25.5. The van der Waals surface area contributed by atoms with E-state index in [-0.39, 0.29) is 23.9 Å². The fourth-order valence-corrected chi connectivity index (χ4v) is 3.09. The van der Waals surface area contributed by atoms with Crippen LogP contribution in [0.3, 0.4) is 0 Å². The number of aliphatic hydroxyl groups excluding tert-OH is 1. The van der Waals surface area contributed by atoms with E-state index in [0.29, 0.717) is 23.5 Å². The molecule has 1 aromatic carbocycles. The Morgan fingerprint density at radius 2 is 1.81 bits per heavy atom. The molecule has 12 heteroatoms. The van der Waals surface area contributed by atoms with Crippen molar-refractivity contribution >= 4 is 23.5 Å². The fourth-order valence-electron chi connectivity index (χ4n) is 3.09. The minimum Gasteiger partial charge on any atom is -0.396 e. The number of benzene rings is 1. The number of nitrogens with one attached hydrogen (secondary N) is 2. The second-order valence-corrected chi connectivity index (χ2v) is 7.46. The van der Waals surface area contributed by atoms with E-state index < -0.39 is 17.6 Å². The number of hydrogen-bond donors (Lipinski definition) is 3. The molecule has 0 aliphatic rings. The van der Waals surface area contributed by atoms with Gasteiger partial charge in [-0.2, -0.15) is 18.3 Å². The van der Waals surface area contributed by atoms with Crippen LogP contribution < -0.4 is 10.7 Å². The predicted octanol–water partition coefficient (Wildman–Crippen LogP) is 4.82. The Morgan fingerprint density at radius 1 is 0.944 bits per heavy atom. The molecule has 0 radical (unpaired) electrons. The van der Waals surface area contributed by atoms with E-state index >= 15 is 0 Å². The highest BCUT2D eigenvalue weighted by molar-refractivity contribution is 5.78. The van der Waals surface area contributed by atoms with E-state index in [1.54, 1.807) is 24.3 Å². The van der Waals surface area contributed by atoms with Crippen molar-refractivity contribution in [1.29, 1.82) is 0 Å². The van der Waals surface area contributed by atoms with Crippen molar-refractivity contribution in [2.75, 3.05) is 17.3 Å². The minimum absolute atomic E-state index is 0.0126. The molecule has 0 aliphatic carbocycles. The monoisotopic (exact) mass is 497 g/mol. The van der Waals surface area contributed by atoms with Crippen LogP contribution in [0.15, 0.2) is 72.2 Å². The van der Waals surface area contributed by atoms with Crippen LogP contribution in [0.5, 0.6) is 0 Å². The first-order chi connectivity index (χ1) is 17.3. The van der Waals surface area contributed by atoms with Gasteiger partial charge in [0.15, 0.2) is 5.82 Å². The number of rotatable bonds is 8. The van der Waals surface area contributed by atoms with Gasteiger partial charge in [0.1, 0.15) is 5.69 Å². The highest BCUT2D eigenvalue weighted by Gasteiger charge is 2.30. The van der Waals surface area contributed by atoms with Crippen LogP contribution in [0.1, 0.15) is 16.8 Å². The Balaban J connectivity index is 1.39. The van der Waals surface area contributed by atoms with Crippen molar-refractivity contribution in [3.8, 4) is 11.4 Å². The third-order valence-electron chi connectivity index (χ3n) is 4.84. The number of alkyl halides is 3. The van der Waals surface area contributed by atoms with Gasteiger partial charge in [0.05, 0.1) is 41.2 Å². The number of hydrogen-bond acceptors (Lipinski definition) is 8. The molecular formula is C24H19F4N7O. The standard InChI is InChI=1S/C24H19F4N7O/c25-20-14-31-23(34-22(20)21-7-4-15(8-9-36)11-30-21)35-32-13-18-5-6-19(12-29-18)33-17-3-1-2-16(10-17)24(26,27)28/h1-7,10-14,33,36H,8-9H2,(H,31,34,35)/b32-13+. The zero-order valence-corrected chi connectivity index (χ0v) is 18.5. The second-order valence-electron chi connectivity index (χ2n) is 7.46. The lowest BCUT2D eigenvalue weighted by Gasteiger charge is -2.10. The van der Waals surface area contributed by atoms with Crippen LogP contribution in [0.2, 0.25) is 0 Å². The molecular weight excluding hydrogens is 478 g/mol. The summed E-state index contributed by atoms with van der Waals surface area (Å²) in [5.74, 6) is -0.621. The summed E-state index contributed by atoms with van der Waals surface area (Å²) in [6.45, 7) is -0.0150. The van der Waals surface area contributed by atoms with Crippen LogP contribution in [-0.2, 0) is 12.6 Å². The molecule has 184 valence electrons. The Labute approximate surface area is 202 Å². The highest BCUT2D eigenvalue weighted by atomic mass is 19.4. The average Bonchev–Trinajstić information content (AvgIpc) is 2.87. The maximum atomic E-state index is 14.2. The summed E-state index contributed by atoms with van der Waals surface area (Å²) in [6.07, 6.45) is 1.37. The van der Waals surface area contributed by atoms with Gasteiger partial charge in [-0.15, -0.1) is 0 Å². The normalized spacial score (nSPS) is 11.6. The lowest BCUT2D eigenvalue weighted by Crippen LogP contribution is -2.05. The molecule has 0 amide bonds. The van der Waals surface area contributed by atoms with E-state index in [2.05, 4.69) is 35.8 Å². The maximum Gasteiger partial charge on any atom is 0.416 e. The molecule has 8 nitrogen and oxygen atoms in total. The number of hydrazone groups is 1. The molecule has 3 heterocycles. The smallest absolute Gasteiger partial charge is 0.396 e. The third kappa shape index (κ3) is 6.36. The van der Waals surface area contributed by atoms with Crippen molar-refractivity contribution in [1.82, 2.24) is 19.9 Å². The molecule has 0 unspecified atom stereocenters. The van der Waals surface area contributed by atoms with Crippen molar-refractivity contribution in [3.63, 3.8) is 0 Å². The zero-order valence-electron chi connectivity index (χ0n) is 18.5. The van der Waals surface area contributed by atoms with Gasteiger partial charge in [0, 0.05) is 18.5 Å². The summed E-state index contributed by atoms with van der Waals surface area (Å²) in [4.78, 5) is 16.3. The average molecular weight is 497 g/mol. The minimum atomic E-state index is -4.43. The van der Waals surface area contributed by atoms with E-state index in [9.17, 15) is 17.6 Å². The fraction of sp³-hybridized carbons (Fsp3) is 0.125. The van der Waals surface area contributed by atoms with Gasteiger partial charge in [0.2, 0.25) is 5.95 Å². The molecule has 0 fully saturated rings. The van der Waals surface area contributed by atoms with Gasteiger partial charge in [-0.3, -0.25) is 9.97 Å².